The van der Waals surface area contributed by atoms with Crippen molar-refractivity contribution < 1.29 is 4.52 Å². The Bertz CT molecular complexity index is 1030. The van der Waals surface area contributed by atoms with Crippen LogP contribution in [0, 0.1) is 5.92 Å². The minimum Gasteiger partial charge on any atom is -0.339 e. The van der Waals surface area contributed by atoms with Crippen LogP contribution >= 0.6 is 0 Å². The van der Waals surface area contributed by atoms with Gasteiger partial charge in [0.25, 0.3) is 0 Å². The summed E-state index contributed by atoms with van der Waals surface area (Å²) in [6, 6.07) is 11.9. The standard InChI is InChI=1S/C19H18N6O/c1-2-4-16-15(3-1)22-12-25(16)17-6-5-14(11-21-17)19-23-18(26-24-19)9-13-7-8-20-10-13/h1-6,11-13,20H,7-10H2. The third kappa shape index (κ3) is 2.76. The van der Waals surface area contributed by atoms with Crippen LogP contribution in [0.4, 0.5) is 0 Å². The zero-order valence-electron chi connectivity index (χ0n) is 14.2. The first-order chi connectivity index (χ1) is 12.9. The lowest BCUT2D eigenvalue weighted by atomic mass is 10.1. The molecule has 0 amide bonds. The molecular formula is C19H18N6O. The molecule has 7 nitrogen and oxygen atoms in total. The fourth-order valence-electron chi connectivity index (χ4n) is 3.39. The lowest BCUT2D eigenvalue weighted by Crippen LogP contribution is -2.10. The van der Waals surface area contributed by atoms with Crippen molar-refractivity contribution in [2.24, 2.45) is 5.92 Å². The molecule has 5 rings (SSSR count). The zero-order valence-corrected chi connectivity index (χ0v) is 14.2. The molecule has 1 unspecified atom stereocenters. The molecule has 1 aromatic carbocycles. The number of imidazole rings is 1. The average Bonchev–Trinajstić information content (AvgIpc) is 3.43. The van der Waals surface area contributed by atoms with Gasteiger partial charge in [-0.3, -0.25) is 4.57 Å². The van der Waals surface area contributed by atoms with E-state index >= 15 is 0 Å². The number of para-hydroxylation sites is 2. The monoisotopic (exact) mass is 346 g/mol. The fraction of sp³-hybridized carbons (Fsp3) is 0.263. The average molecular weight is 346 g/mol. The Kier molecular flexibility index (Phi) is 3.71. The minimum absolute atomic E-state index is 0.582. The normalized spacial score (nSPS) is 17.2. The van der Waals surface area contributed by atoms with E-state index in [-0.39, 0.29) is 0 Å². The van der Waals surface area contributed by atoms with Gasteiger partial charge in [0.1, 0.15) is 12.1 Å². The zero-order chi connectivity index (χ0) is 17.3. The molecule has 1 N–H and O–H groups in total. The summed E-state index contributed by atoms with van der Waals surface area (Å²) in [6.07, 6.45) is 5.55. The molecule has 0 saturated carbocycles. The topological polar surface area (TPSA) is 81.7 Å². The summed E-state index contributed by atoms with van der Waals surface area (Å²) >= 11 is 0. The van der Waals surface area contributed by atoms with Gasteiger partial charge in [-0.25, -0.2) is 9.97 Å². The number of hydrogen-bond acceptors (Lipinski definition) is 6. The molecule has 1 aliphatic heterocycles. The van der Waals surface area contributed by atoms with Crippen LogP contribution in [0.1, 0.15) is 12.3 Å². The number of nitrogens with one attached hydrogen (secondary N) is 1. The third-order valence-corrected chi connectivity index (χ3v) is 4.80. The molecule has 1 fully saturated rings. The molecule has 26 heavy (non-hydrogen) atoms. The van der Waals surface area contributed by atoms with E-state index in [9.17, 15) is 0 Å². The van der Waals surface area contributed by atoms with E-state index in [4.69, 9.17) is 4.52 Å². The van der Waals surface area contributed by atoms with Crippen LogP contribution < -0.4 is 5.32 Å². The summed E-state index contributed by atoms with van der Waals surface area (Å²) in [6.45, 7) is 2.09. The second-order valence-corrected chi connectivity index (χ2v) is 6.58. The van der Waals surface area contributed by atoms with Gasteiger partial charge in [-0.1, -0.05) is 17.3 Å². The largest absolute Gasteiger partial charge is 0.339 e. The van der Waals surface area contributed by atoms with E-state index in [1.165, 1.54) is 0 Å². The van der Waals surface area contributed by atoms with Gasteiger partial charge < -0.3 is 9.84 Å². The first-order valence-electron chi connectivity index (χ1n) is 8.79. The summed E-state index contributed by atoms with van der Waals surface area (Å²) < 4.78 is 7.38. The second-order valence-electron chi connectivity index (χ2n) is 6.58. The van der Waals surface area contributed by atoms with Crippen molar-refractivity contribution in [2.45, 2.75) is 12.8 Å². The molecule has 1 atom stereocenters. The van der Waals surface area contributed by atoms with Crippen molar-refractivity contribution in [3.05, 3.63) is 54.8 Å². The first-order valence-corrected chi connectivity index (χ1v) is 8.79. The lowest BCUT2D eigenvalue weighted by molar-refractivity contribution is 0.358. The number of aromatic nitrogens is 5. The minimum atomic E-state index is 0.582. The maximum Gasteiger partial charge on any atom is 0.227 e. The molecule has 4 heterocycles. The van der Waals surface area contributed by atoms with Crippen LogP contribution in [0.2, 0.25) is 0 Å². The highest BCUT2D eigenvalue weighted by Crippen LogP contribution is 2.21. The van der Waals surface area contributed by atoms with Crippen LogP contribution in [0.5, 0.6) is 0 Å². The van der Waals surface area contributed by atoms with Gasteiger partial charge in [-0.2, -0.15) is 4.98 Å². The van der Waals surface area contributed by atoms with E-state index in [1.54, 1.807) is 12.5 Å². The van der Waals surface area contributed by atoms with Crippen molar-refractivity contribution in [1.29, 1.82) is 0 Å². The summed E-state index contributed by atoms with van der Waals surface area (Å²) in [5, 5.41) is 7.46. The molecule has 1 saturated heterocycles. The van der Waals surface area contributed by atoms with E-state index in [2.05, 4.69) is 25.4 Å². The highest BCUT2D eigenvalue weighted by molar-refractivity contribution is 5.76. The predicted molar refractivity (Wildman–Crippen MR) is 96.8 cm³/mol. The highest BCUT2D eigenvalue weighted by Gasteiger charge is 2.19. The molecule has 7 heteroatoms. The van der Waals surface area contributed by atoms with Gasteiger partial charge in [0.05, 0.1) is 11.0 Å². The van der Waals surface area contributed by atoms with E-state index in [0.29, 0.717) is 17.6 Å². The van der Waals surface area contributed by atoms with Crippen LogP contribution in [-0.2, 0) is 6.42 Å². The van der Waals surface area contributed by atoms with Crippen LogP contribution in [0.15, 0.2) is 53.4 Å². The maximum atomic E-state index is 5.41. The van der Waals surface area contributed by atoms with Crippen molar-refractivity contribution in [1.82, 2.24) is 30.0 Å². The Morgan fingerprint density at radius 1 is 1.15 bits per heavy atom. The first kappa shape index (κ1) is 15.2. The summed E-state index contributed by atoms with van der Waals surface area (Å²) in [7, 11) is 0. The highest BCUT2D eigenvalue weighted by atomic mass is 16.5. The second kappa shape index (κ2) is 6.34. The molecule has 0 spiro atoms. The molecule has 0 aliphatic carbocycles. The summed E-state index contributed by atoms with van der Waals surface area (Å²) in [5.41, 5.74) is 2.82. The van der Waals surface area contributed by atoms with Crippen LogP contribution in [0.25, 0.3) is 28.2 Å². The van der Waals surface area contributed by atoms with E-state index < -0.39 is 0 Å². The van der Waals surface area contributed by atoms with Crippen LogP contribution in [0.3, 0.4) is 0 Å². The summed E-state index contributed by atoms with van der Waals surface area (Å²) in [4.78, 5) is 13.5. The Hall–Kier alpha value is -3.06. The number of hydrogen-bond donors (Lipinski definition) is 1. The number of fused-ring (bicyclic) bond motifs is 1. The van der Waals surface area contributed by atoms with Gasteiger partial charge in [0.15, 0.2) is 0 Å². The SMILES string of the molecule is c1ccc2c(c1)ncn2-c1ccc(-c2noc(CC3CCNC3)n2)cn1. The van der Waals surface area contributed by atoms with Gasteiger partial charge >= 0.3 is 0 Å². The molecule has 3 aromatic heterocycles. The smallest absolute Gasteiger partial charge is 0.227 e. The molecule has 0 radical (unpaired) electrons. The molecule has 1 aliphatic rings. The van der Waals surface area contributed by atoms with E-state index in [0.717, 1.165) is 48.3 Å². The number of nitrogens with zero attached hydrogens (tertiary/aromatic N) is 5. The molecule has 0 bridgehead atoms. The Balaban J connectivity index is 1.39. The van der Waals surface area contributed by atoms with Crippen molar-refractivity contribution in [3.8, 4) is 17.2 Å². The lowest BCUT2D eigenvalue weighted by Gasteiger charge is -2.03. The molecule has 130 valence electrons. The molecule has 4 aromatic rings. The Morgan fingerprint density at radius 3 is 2.96 bits per heavy atom. The number of benzene rings is 1. The van der Waals surface area contributed by atoms with Gasteiger partial charge in [0.2, 0.25) is 11.7 Å². The van der Waals surface area contributed by atoms with Gasteiger partial charge in [-0.15, -0.1) is 0 Å². The Labute approximate surface area is 150 Å². The number of rotatable bonds is 4. The molecular weight excluding hydrogens is 328 g/mol. The third-order valence-electron chi connectivity index (χ3n) is 4.80. The Morgan fingerprint density at radius 2 is 2.12 bits per heavy atom. The van der Waals surface area contributed by atoms with Crippen molar-refractivity contribution in [3.63, 3.8) is 0 Å². The number of pyridine rings is 1. The van der Waals surface area contributed by atoms with Gasteiger partial charge in [-0.05, 0) is 49.7 Å². The fourth-order valence-corrected chi connectivity index (χ4v) is 3.39. The predicted octanol–water partition coefficient (Wildman–Crippen LogP) is 2.62. The van der Waals surface area contributed by atoms with E-state index in [1.807, 2.05) is 41.0 Å². The van der Waals surface area contributed by atoms with Crippen molar-refractivity contribution >= 4 is 11.0 Å². The maximum absolute atomic E-state index is 5.41. The van der Waals surface area contributed by atoms with Crippen LogP contribution in [-0.4, -0.2) is 37.8 Å². The van der Waals surface area contributed by atoms with Crippen molar-refractivity contribution in [2.75, 3.05) is 13.1 Å². The summed E-state index contributed by atoms with van der Waals surface area (Å²) in [5.74, 6) is 2.67. The van der Waals surface area contributed by atoms with Gasteiger partial charge in [0, 0.05) is 18.2 Å². The quantitative estimate of drug-likeness (QED) is 0.612.